The zero-order valence-corrected chi connectivity index (χ0v) is 18.9. The van der Waals surface area contributed by atoms with Crippen LogP contribution in [0.15, 0.2) is 57.7 Å². The largest absolute Gasteiger partial charge is 0.494 e. The first-order valence-corrected chi connectivity index (χ1v) is 11.4. The maximum atomic E-state index is 13.5. The topological polar surface area (TPSA) is 72.6 Å². The molecule has 0 saturated carbocycles. The van der Waals surface area contributed by atoms with Crippen LogP contribution in [-0.4, -0.2) is 17.5 Å². The Morgan fingerprint density at radius 3 is 2.53 bits per heavy atom. The summed E-state index contributed by atoms with van der Waals surface area (Å²) >= 11 is 1.43. The molecule has 0 bridgehead atoms. The minimum atomic E-state index is -0.622. The number of hydrogen-bond donors (Lipinski definition) is 0. The van der Waals surface area contributed by atoms with Crippen LogP contribution in [0.4, 0.5) is 5.13 Å². The van der Waals surface area contributed by atoms with E-state index in [2.05, 4.69) is 11.9 Å². The number of aromatic nitrogens is 1. The highest BCUT2D eigenvalue weighted by molar-refractivity contribution is 7.15. The molecule has 0 spiro atoms. The number of anilines is 1. The van der Waals surface area contributed by atoms with Gasteiger partial charge in [-0.1, -0.05) is 31.2 Å². The molecule has 5 rings (SSSR count). The Labute approximate surface area is 189 Å². The first-order valence-electron chi connectivity index (χ1n) is 10.6. The summed E-state index contributed by atoms with van der Waals surface area (Å²) in [6.07, 6.45) is 0.914. The number of ether oxygens (including phenoxy) is 1. The van der Waals surface area contributed by atoms with Gasteiger partial charge in [0.25, 0.3) is 5.91 Å². The molecule has 4 aromatic rings. The van der Waals surface area contributed by atoms with Crippen molar-refractivity contribution in [3.8, 4) is 5.75 Å². The summed E-state index contributed by atoms with van der Waals surface area (Å²) in [6.45, 7) is 6.56. The minimum absolute atomic E-state index is 0.0792. The molecule has 7 heteroatoms. The van der Waals surface area contributed by atoms with Crippen molar-refractivity contribution >= 4 is 33.3 Å². The Morgan fingerprint density at radius 1 is 1.09 bits per heavy atom. The number of carbonyl (C=O) groups excluding carboxylic acids is 1. The fraction of sp³-hybridized carbons (Fsp3) is 0.240. The zero-order valence-electron chi connectivity index (χ0n) is 18.0. The molecule has 3 heterocycles. The van der Waals surface area contributed by atoms with Gasteiger partial charge in [0.15, 0.2) is 10.6 Å². The fourth-order valence-electron chi connectivity index (χ4n) is 3.96. The molecule has 1 amide bonds. The third kappa shape index (κ3) is 3.20. The summed E-state index contributed by atoms with van der Waals surface area (Å²) in [7, 11) is 0. The zero-order chi connectivity index (χ0) is 22.4. The Hall–Kier alpha value is -3.45. The molecule has 32 heavy (non-hydrogen) atoms. The van der Waals surface area contributed by atoms with Crippen LogP contribution in [-0.2, 0) is 0 Å². The van der Waals surface area contributed by atoms with E-state index in [1.54, 1.807) is 29.2 Å². The fourth-order valence-corrected chi connectivity index (χ4v) is 4.89. The van der Waals surface area contributed by atoms with Crippen LogP contribution in [0.25, 0.3) is 11.0 Å². The van der Waals surface area contributed by atoms with Crippen molar-refractivity contribution in [3.63, 3.8) is 0 Å². The molecule has 162 valence electrons. The summed E-state index contributed by atoms with van der Waals surface area (Å²) in [5.74, 6) is 0.474. The average Bonchev–Trinajstić information content (AvgIpc) is 3.29. The van der Waals surface area contributed by atoms with Crippen molar-refractivity contribution in [3.05, 3.63) is 86.2 Å². The molecule has 1 aliphatic heterocycles. The van der Waals surface area contributed by atoms with E-state index in [1.165, 1.54) is 11.3 Å². The number of amides is 1. The number of rotatable bonds is 5. The van der Waals surface area contributed by atoms with Crippen molar-refractivity contribution in [1.82, 2.24) is 4.98 Å². The van der Waals surface area contributed by atoms with Gasteiger partial charge < -0.3 is 9.15 Å². The highest BCUT2D eigenvalue weighted by atomic mass is 32.1. The molecule has 0 radical (unpaired) electrons. The molecule has 2 aromatic carbocycles. The van der Waals surface area contributed by atoms with Crippen molar-refractivity contribution in [2.45, 2.75) is 33.2 Å². The van der Waals surface area contributed by atoms with Gasteiger partial charge in [-0.05, 0) is 50.1 Å². The molecule has 0 N–H and O–H groups in total. The van der Waals surface area contributed by atoms with Gasteiger partial charge in [-0.2, -0.15) is 0 Å². The highest BCUT2D eigenvalue weighted by Gasteiger charge is 2.45. The van der Waals surface area contributed by atoms with E-state index in [0.29, 0.717) is 28.3 Å². The number of aryl methyl sites for hydroxylation is 2. The number of benzene rings is 2. The van der Waals surface area contributed by atoms with Crippen molar-refractivity contribution < 1.29 is 13.9 Å². The van der Waals surface area contributed by atoms with Gasteiger partial charge >= 0.3 is 0 Å². The molecule has 0 unspecified atom stereocenters. The molecule has 1 aliphatic rings. The standard InChI is InChI=1S/C25H22N2O4S/c1-4-13-30-17-11-9-16(10-12-17)21-20-22(28)18-7-5-6-8-19(18)31-23(20)24(29)27(21)25-26-14(2)15(3)32-25/h5-12,21H,4,13H2,1-3H3/t21-/m1/s1. The predicted molar refractivity (Wildman–Crippen MR) is 125 cm³/mol. The van der Waals surface area contributed by atoms with E-state index >= 15 is 0 Å². The van der Waals surface area contributed by atoms with Gasteiger partial charge in [0.2, 0.25) is 5.76 Å². The van der Waals surface area contributed by atoms with E-state index in [1.807, 2.05) is 38.1 Å². The van der Waals surface area contributed by atoms with Crippen LogP contribution < -0.4 is 15.1 Å². The van der Waals surface area contributed by atoms with Gasteiger partial charge in [0, 0.05) is 4.88 Å². The van der Waals surface area contributed by atoms with Crippen molar-refractivity contribution in [2.75, 3.05) is 11.5 Å². The van der Waals surface area contributed by atoms with Gasteiger partial charge in [-0.25, -0.2) is 4.98 Å². The Bertz CT molecular complexity index is 1370. The van der Waals surface area contributed by atoms with Crippen LogP contribution >= 0.6 is 11.3 Å². The second kappa shape index (κ2) is 7.91. The lowest BCUT2D eigenvalue weighted by Crippen LogP contribution is -2.29. The van der Waals surface area contributed by atoms with E-state index < -0.39 is 6.04 Å². The third-order valence-electron chi connectivity index (χ3n) is 5.67. The van der Waals surface area contributed by atoms with Crippen molar-refractivity contribution in [1.29, 1.82) is 0 Å². The molecule has 0 fully saturated rings. The number of nitrogens with zero attached hydrogens (tertiary/aromatic N) is 2. The Balaban J connectivity index is 1.71. The SMILES string of the molecule is CCCOc1ccc([C@@H]2c3c(oc4ccccc4c3=O)C(=O)N2c2nc(C)c(C)s2)cc1. The molecule has 1 atom stereocenters. The maximum absolute atomic E-state index is 13.5. The first kappa shape index (κ1) is 20.5. The predicted octanol–water partition coefficient (Wildman–Crippen LogP) is 5.40. The number of fused-ring (bicyclic) bond motifs is 2. The molecular weight excluding hydrogens is 424 g/mol. The minimum Gasteiger partial charge on any atom is -0.494 e. The van der Waals surface area contributed by atoms with Gasteiger partial charge in [-0.15, -0.1) is 11.3 Å². The summed E-state index contributed by atoms with van der Waals surface area (Å²) in [5.41, 5.74) is 2.22. The second-order valence-corrected chi connectivity index (χ2v) is 8.99. The number of para-hydroxylation sites is 1. The second-order valence-electron chi connectivity index (χ2n) is 7.80. The van der Waals surface area contributed by atoms with E-state index in [4.69, 9.17) is 9.15 Å². The Morgan fingerprint density at radius 2 is 1.84 bits per heavy atom. The van der Waals surface area contributed by atoms with Crippen LogP contribution in [0.3, 0.4) is 0 Å². The monoisotopic (exact) mass is 446 g/mol. The van der Waals surface area contributed by atoms with Crippen molar-refractivity contribution in [2.24, 2.45) is 0 Å². The van der Waals surface area contributed by atoms with Gasteiger partial charge in [0.1, 0.15) is 11.3 Å². The number of thiazole rings is 1. The lowest BCUT2D eigenvalue weighted by atomic mass is 9.98. The molecule has 0 saturated heterocycles. The number of carbonyl (C=O) groups is 1. The smallest absolute Gasteiger partial charge is 0.297 e. The summed E-state index contributed by atoms with van der Waals surface area (Å²) in [6, 6.07) is 13.9. The normalized spacial score (nSPS) is 15.4. The maximum Gasteiger partial charge on any atom is 0.297 e. The lowest BCUT2D eigenvalue weighted by Gasteiger charge is -2.22. The molecule has 0 aliphatic carbocycles. The van der Waals surface area contributed by atoms with E-state index in [9.17, 15) is 9.59 Å². The van der Waals surface area contributed by atoms with Gasteiger partial charge in [-0.3, -0.25) is 14.5 Å². The van der Waals surface area contributed by atoms with E-state index in [-0.39, 0.29) is 17.1 Å². The van der Waals surface area contributed by atoms with Crippen LogP contribution in [0.2, 0.25) is 0 Å². The van der Waals surface area contributed by atoms with E-state index in [0.717, 1.165) is 28.3 Å². The lowest BCUT2D eigenvalue weighted by molar-refractivity contribution is 0.0971. The summed E-state index contributed by atoms with van der Waals surface area (Å²) in [5, 5.41) is 1.01. The quantitative estimate of drug-likeness (QED) is 0.410. The summed E-state index contributed by atoms with van der Waals surface area (Å²) in [4.78, 5) is 34.3. The molecular formula is C25H22N2O4S. The molecule has 2 aromatic heterocycles. The van der Waals surface area contributed by atoms with Crippen LogP contribution in [0.1, 0.15) is 51.6 Å². The Kier molecular flexibility index (Phi) is 5.06. The highest BCUT2D eigenvalue weighted by Crippen LogP contribution is 2.43. The number of hydrogen-bond acceptors (Lipinski definition) is 6. The average molecular weight is 447 g/mol. The van der Waals surface area contributed by atoms with Crippen LogP contribution in [0, 0.1) is 13.8 Å². The van der Waals surface area contributed by atoms with Crippen LogP contribution in [0.5, 0.6) is 5.75 Å². The summed E-state index contributed by atoms with van der Waals surface area (Å²) < 4.78 is 11.7. The van der Waals surface area contributed by atoms with Gasteiger partial charge in [0.05, 0.1) is 29.3 Å². The first-order chi connectivity index (χ1) is 15.5. The molecule has 6 nitrogen and oxygen atoms in total. The third-order valence-corrected chi connectivity index (χ3v) is 6.74.